The van der Waals surface area contributed by atoms with Crippen LogP contribution in [0.2, 0.25) is 0 Å². The molecule has 7 heteroatoms. The molecule has 3 rings (SSSR count). The number of rotatable bonds is 5. The second-order valence-corrected chi connectivity index (χ2v) is 7.82. The zero-order valence-electron chi connectivity index (χ0n) is 16.2. The molecule has 1 aromatic rings. The number of esters is 1. The maximum atomic E-state index is 12.1. The molecule has 0 bridgehead atoms. The first-order valence-corrected chi connectivity index (χ1v) is 9.05. The van der Waals surface area contributed by atoms with Gasteiger partial charge in [-0.1, -0.05) is 0 Å². The summed E-state index contributed by atoms with van der Waals surface area (Å²) < 4.78 is 28.5. The third-order valence-corrected chi connectivity index (χ3v) is 5.34. The minimum atomic E-state index is -0.574. The topological polar surface area (TPSA) is 63.2 Å². The Balaban J connectivity index is 1.84. The summed E-state index contributed by atoms with van der Waals surface area (Å²) in [5, 5.41) is 0. The molecule has 0 spiro atoms. The van der Waals surface area contributed by atoms with Crippen LogP contribution in [0.4, 0.5) is 0 Å². The van der Waals surface area contributed by atoms with Crippen LogP contribution in [0.25, 0.3) is 0 Å². The maximum Gasteiger partial charge on any atom is 0.494 e. The highest BCUT2D eigenvalue weighted by atomic mass is 16.7. The SMILES string of the molecule is COC(=O)c1cc(OCC2CCCO2)cc(B2OC(C)(C)C(C)(C)O2)c1. The van der Waals surface area contributed by atoms with Gasteiger partial charge in [0.05, 0.1) is 30.0 Å². The van der Waals surface area contributed by atoms with E-state index in [1.807, 2.05) is 33.8 Å². The summed E-state index contributed by atoms with van der Waals surface area (Å²) in [6, 6.07) is 5.26. The van der Waals surface area contributed by atoms with Gasteiger partial charge in [-0.3, -0.25) is 0 Å². The molecule has 2 heterocycles. The number of hydrogen-bond donors (Lipinski definition) is 0. The van der Waals surface area contributed by atoms with Crippen molar-refractivity contribution in [2.75, 3.05) is 20.3 Å². The van der Waals surface area contributed by atoms with E-state index in [-0.39, 0.29) is 6.10 Å². The van der Waals surface area contributed by atoms with Gasteiger partial charge >= 0.3 is 13.1 Å². The summed E-state index contributed by atoms with van der Waals surface area (Å²) in [4.78, 5) is 12.1. The number of benzene rings is 1. The lowest BCUT2D eigenvalue weighted by molar-refractivity contribution is 0.00578. The average Bonchev–Trinajstić information content (AvgIpc) is 3.18. The van der Waals surface area contributed by atoms with Crippen LogP contribution < -0.4 is 10.2 Å². The van der Waals surface area contributed by atoms with E-state index >= 15 is 0 Å². The van der Waals surface area contributed by atoms with Crippen molar-refractivity contribution in [3.05, 3.63) is 23.8 Å². The molecule has 0 saturated carbocycles. The van der Waals surface area contributed by atoms with Crippen LogP contribution in [0, 0.1) is 0 Å². The van der Waals surface area contributed by atoms with E-state index in [9.17, 15) is 4.79 Å². The first-order valence-electron chi connectivity index (χ1n) is 9.05. The molecule has 0 radical (unpaired) electrons. The van der Waals surface area contributed by atoms with E-state index in [4.69, 9.17) is 23.5 Å². The normalized spacial score (nSPS) is 23.9. The lowest BCUT2D eigenvalue weighted by atomic mass is 9.78. The van der Waals surface area contributed by atoms with Gasteiger partial charge < -0.3 is 23.5 Å². The van der Waals surface area contributed by atoms with E-state index < -0.39 is 24.3 Å². The molecule has 142 valence electrons. The molecule has 1 aromatic carbocycles. The Labute approximate surface area is 155 Å². The summed E-state index contributed by atoms with van der Waals surface area (Å²) in [7, 11) is 0.783. The minimum Gasteiger partial charge on any atom is -0.491 e. The lowest BCUT2D eigenvalue weighted by Crippen LogP contribution is -2.41. The van der Waals surface area contributed by atoms with E-state index in [0.29, 0.717) is 17.9 Å². The molecule has 1 atom stereocenters. The quantitative estimate of drug-likeness (QED) is 0.592. The summed E-state index contributed by atoms with van der Waals surface area (Å²) in [6.45, 7) is 9.19. The summed E-state index contributed by atoms with van der Waals surface area (Å²) in [6.07, 6.45) is 2.13. The highest BCUT2D eigenvalue weighted by molar-refractivity contribution is 6.62. The van der Waals surface area contributed by atoms with Crippen LogP contribution in [0.5, 0.6) is 5.75 Å². The Morgan fingerprint density at radius 3 is 2.46 bits per heavy atom. The molecule has 6 nitrogen and oxygen atoms in total. The maximum absolute atomic E-state index is 12.1. The number of carbonyl (C=O) groups excluding carboxylic acids is 1. The zero-order valence-corrected chi connectivity index (χ0v) is 16.2. The fraction of sp³-hybridized carbons (Fsp3) is 0.632. The Morgan fingerprint density at radius 2 is 1.88 bits per heavy atom. The monoisotopic (exact) mass is 362 g/mol. The Bertz CT molecular complexity index is 650. The highest BCUT2D eigenvalue weighted by Gasteiger charge is 2.51. The lowest BCUT2D eigenvalue weighted by Gasteiger charge is -2.32. The standard InChI is InChI=1S/C19H27BO6/c1-18(2)19(3,4)26-20(25-18)14-9-13(17(21)22-5)10-16(11-14)24-12-15-7-6-8-23-15/h9-11,15H,6-8,12H2,1-5H3. The molecule has 26 heavy (non-hydrogen) atoms. The number of ether oxygens (including phenoxy) is 3. The highest BCUT2D eigenvalue weighted by Crippen LogP contribution is 2.36. The van der Waals surface area contributed by atoms with E-state index in [0.717, 1.165) is 24.9 Å². The predicted molar refractivity (Wildman–Crippen MR) is 98.0 cm³/mol. The van der Waals surface area contributed by atoms with Gasteiger partial charge in [0.25, 0.3) is 0 Å². The molecule has 1 unspecified atom stereocenters. The van der Waals surface area contributed by atoms with Gasteiger partial charge in [-0.25, -0.2) is 4.79 Å². The van der Waals surface area contributed by atoms with E-state index in [2.05, 4.69) is 0 Å². The van der Waals surface area contributed by atoms with Crippen LogP contribution in [-0.2, 0) is 18.8 Å². The summed E-state index contributed by atoms with van der Waals surface area (Å²) >= 11 is 0. The van der Waals surface area contributed by atoms with Gasteiger partial charge in [-0.2, -0.15) is 0 Å². The van der Waals surface area contributed by atoms with Crippen molar-refractivity contribution in [2.45, 2.75) is 57.8 Å². The molecule has 2 aliphatic heterocycles. The third-order valence-electron chi connectivity index (χ3n) is 5.34. The third kappa shape index (κ3) is 3.90. The molecule has 2 aliphatic rings. The summed E-state index contributed by atoms with van der Waals surface area (Å²) in [5.41, 5.74) is 0.214. The molecule has 2 saturated heterocycles. The number of carbonyl (C=O) groups is 1. The van der Waals surface area contributed by atoms with E-state index in [1.165, 1.54) is 7.11 Å². The van der Waals surface area contributed by atoms with Crippen molar-refractivity contribution in [2.24, 2.45) is 0 Å². The Kier molecular flexibility index (Phi) is 5.33. The zero-order chi connectivity index (χ0) is 18.9. The average molecular weight is 362 g/mol. The van der Waals surface area contributed by atoms with Crippen molar-refractivity contribution in [1.29, 1.82) is 0 Å². The summed E-state index contributed by atoms with van der Waals surface area (Å²) in [5.74, 6) is 0.151. The molecule has 2 fully saturated rings. The van der Waals surface area contributed by atoms with Gasteiger partial charge in [-0.05, 0) is 64.2 Å². The van der Waals surface area contributed by atoms with E-state index in [1.54, 1.807) is 12.1 Å². The smallest absolute Gasteiger partial charge is 0.491 e. The Morgan fingerprint density at radius 1 is 1.19 bits per heavy atom. The molecule has 0 aromatic heterocycles. The van der Waals surface area contributed by atoms with Crippen molar-refractivity contribution in [1.82, 2.24) is 0 Å². The van der Waals surface area contributed by atoms with Crippen molar-refractivity contribution < 1.29 is 28.3 Å². The molecular weight excluding hydrogens is 335 g/mol. The van der Waals surface area contributed by atoms with Crippen LogP contribution in [0.1, 0.15) is 50.9 Å². The fourth-order valence-corrected chi connectivity index (χ4v) is 3.02. The first-order chi connectivity index (χ1) is 12.2. The molecular formula is C19H27BO6. The van der Waals surface area contributed by atoms with Crippen LogP contribution in [0.3, 0.4) is 0 Å². The fourth-order valence-electron chi connectivity index (χ4n) is 3.02. The van der Waals surface area contributed by atoms with Gasteiger partial charge in [-0.15, -0.1) is 0 Å². The van der Waals surface area contributed by atoms with Crippen LogP contribution in [-0.4, -0.2) is 50.7 Å². The molecule has 0 amide bonds. The second-order valence-electron chi connectivity index (χ2n) is 7.82. The Hall–Kier alpha value is -1.57. The van der Waals surface area contributed by atoms with Crippen LogP contribution >= 0.6 is 0 Å². The van der Waals surface area contributed by atoms with Gasteiger partial charge in [0, 0.05) is 6.61 Å². The van der Waals surface area contributed by atoms with Crippen molar-refractivity contribution >= 4 is 18.6 Å². The van der Waals surface area contributed by atoms with Gasteiger partial charge in [0.15, 0.2) is 0 Å². The van der Waals surface area contributed by atoms with Crippen molar-refractivity contribution in [3.63, 3.8) is 0 Å². The minimum absolute atomic E-state index is 0.0945. The van der Waals surface area contributed by atoms with Crippen molar-refractivity contribution in [3.8, 4) is 5.75 Å². The van der Waals surface area contributed by atoms with Gasteiger partial charge in [0.1, 0.15) is 12.4 Å². The number of hydrogen-bond acceptors (Lipinski definition) is 6. The second kappa shape index (κ2) is 7.21. The first kappa shape index (κ1) is 19.2. The van der Waals surface area contributed by atoms with Crippen LogP contribution in [0.15, 0.2) is 18.2 Å². The number of methoxy groups -OCH3 is 1. The largest absolute Gasteiger partial charge is 0.494 e. The van der Waals surface area contributed by atoms with Gasteiger partial charge in [0.2, 0.25) is 0 Å². The molecule has 0 N–H and O–H groups in total. The molecule has 0 aliphatic carbocycles. The predicted octanol–water partition coefficient (Wildman–Crippen LogP) is 2.33.